The Morgan fingerprint density at radius 3 is 2.83 bits per heavy atom. The van der Waals surface area contributed by atoms with E-state index in [1.807, 2.05) is 44.3 Å². The van der Waals surface area contributed by atoms with Gasteiger partial charge in [-0.2, -0.15) is 5.10 Å². The van der Waals surface area contributed by atoms with Gasteiger partial charge in [-0.3, -0.25) is 9.48 Å². The summed E-state index contributed by atoms with van der Waals surface area (Å²) in [6.45, 7) is 5.31. The van der Waals surface area contributed by atoms with Crippen LogP contribution in [-0.4, -0.2) is 22.2 Å². The fourth-order valence-corrected chi connectivity index (χ4v) is 1.70. The third kappa shape index (κ3) is 2.97. The van der Waals surface area contributed by atoms with Gasteiger partial charge in [-0.15, -0.1) is 0 Å². The maximum Gasteiger partial charge on any atom is 0.251 e. The Morgan fingerprint density at radius 1 is 1.33 bits per heavy atom. The van der Waals surface area contributed by atoms with Crippen LogP contribution in [-0.2, 0) is 6.54 Å². The number of amides is 1. The summed E-state index contributed by atoms with van der Waals surface area (Å²) in [6.07, 6.45) is 3.60. The molecule has 1 N–H and O–H groups in total. The summed E-state index contributed by atoms with van der Waals surface area (Å²) in [5, 5.41) is 6.96. The van der Waals surface area contributed by atoms with Crippen LogP contribution < -0.4 is 5.32 Å². The van der Waals surface area contributed by atoms with Gasteiger partial charge in [0, 0.05) is 24.5 Å². The zero-order valence-electron chi connectivity index (χ0n) is 10.7. The molecule has 0 radical (unpaired) electrons. The lowest BCUT2D eigenvalue weighted by atomic mass is 10.1. The van der Waals surface area contributed by atoms with Crippen LogP contribution in [0.4, 0.5) is 0 Å². The first-order chi connectivity index (χ1) is 8.66. The fourth-order valence-electron chi connectivity index (χ4n) is 1.70. The van der Waals surface area contributed by atoms with Crippen molar-refractivity contribution in [3.05, 3.63) is 53.3 Å². The topological polar surface area (TPSA) is 46.9 Å². The van der Waals surface area contributed by atoms with Gasteiger partial charge in [0.25, 0.3) is 5.91 Å². The SMILES string of the molecule is Cc1ccc(C(=O)NCCn2cccn2)cc1C. The molecule has 4 nitrogen and oxygen atoms in total. The smallest absolute Gasteiger partial charge is 0.251 e. The highest BCUT2D eigenvalue weighted by molar-refractivity contribution is 5.94. The van der Waals surface area contributed by atoms with E-state index in [1.165, 1.54) is 5.56 Å². The third-order valence-electron chi connectivity index (χ3n) is 2.95. The molecule has 0 bridgehead atoms. The summed E-state index contributed by atoms with van der Waals surface area (Å²) in [5.41, 5.74) is 3.04. The maximum atomic E-state index is 11.9. The number of aryl methyl sites for hydroxylation is 2. The molecule has 1 aromatic carbocycles. The number of hydrogen-bond donors (Lipinski definition) is 1. The van der Waals surface area contributed by atoms with Crippen LogP contribution in [0.1, 0.15) is 21.5 Å². The minimum Gasteiger partial charge on any atom is -0.350 e. The molecule has 0 spiro atoms. The standard InChI is InChI=1S/C14H17N3O/c1-11-4-5-13(10-12(11)2)14(18)15-7-9-17-8-3-6-16-17/h3-6,8,10H,7,9H2,1-2H3,(H,15,18). The van der Waals surface area contributed by atoms with Crippen LogP contribution in [0.25, 0.3) is 0 Å². The van der Waals surface area contributed by atoms with Crippen molar-refractivity contribution in [2.24, 2.45) is 0 Å². The number of nitrogens with zero attached hydrogens (tertiary/aromatic N) is 2. The van der Waals surface area contributed by atoms with E-state index in [0.717, 1.165) is 5.56 Å². The van der Waals surface area contributed by atoms with E-state index in [-0.39, 0.29) is 5.91 Å². The largest absolute Gasteiger partial charge is 0.350 e. The third-order valence-corrected chi connectivity index (χ3v) is 2.95. The predicted octanol–water partition coefficient (Wildman–Crippen LogP) is 1.93. The average Bonchev–Trinajstić information content (AvgIpc) is 2.85. The van der Waals surface area contributed by atoms with E-state index < -0.39 is 0 Å². The minimum absolute atomic E-state index is 0.0368. The Hall–Kier alpha value is -2.10. The first-order valence-electron chi connectivity index (χ1n) is 6.00. The predicted molar refractivity (Wildman–Crippen MR) is 70.5 cm³/mol. The van der Waals surface area contributed by atoms with Crippen LogP contribution in [0.5, 0.6) is 0 Å². The van der Waals surface area contributed by atoms with E-state index in [0.29, 0.717) is 18.7 Å². The molecule has 0 aliphatic heterocycles. The van der Waals surface area contributed by atoms with Gasteiger partial charge in [0.1, 0.15) is 0 Å². The molecule has 0 saturated carbocycles. The molecule has 0 unspecified atom stereocenters. The Kier molecular flexibility index (Phi) is 3.77. The second-order valence-electron chi connectivity index (χ2n) is 4.32. The molecule has 0 saturated heterocycles. The van der Waals surface area contributed by atoms with Crippen molar-refractivity contribution < 1.29 is 4.79 Å². The number of aromatic nitrogens is 2. The van der Waals surface area contributed by atoms with Crippen LogP contribution in [0.3, 0.4) is 0 Å². The summed E-state index contributed by atoms with van der Waals surface area (Å²) >= 11 is 0. The lowest BCUT2D eigenvalue weighted by Crippen LogP contribution is -2.27. The van der Waals surface area contributed by atoms with Crippen LogP contribution >= 0.6 is 0 Å². The quantitative estimate of drug-likeness (QED) is 0.892. The van der Waals surface area contributed by atoms with E-state index in [4.69, 9.17) is 0 Å². The summed E-state index contributed by atoms with van der Waals surface area (Å²) < 4.78 is 1.79. The Labute approximate surface area is 107 Å². The number of benzene rings is 1. The van der Waals surface area contributed by atoms with E-state index in [1.54, 1.807) is 10.9 Å². The number of hydrogen-bond acceptors (Lipinski definition) is 2. The van der Waals surface area contributed by atoms with Crippen molar-refractivity contribution >= 4 is 5.91 Å². The molecule has 2 aromatic rings. The van der Waals surface area contributed by atoms with Crippen molar-refractivity contribution in [2.75, 3.05) is 6.54 Å². The van der Waals surface area contributed by atoms with Crippen LogP contribution in [0.15, 0.2) is 36.7 Å². The lowest BCUT2D eigenvalue weighted by Gasteiger charge is -2.07. The van der Waals surface area contributed by atoms with Gasteiger partial charge < -0.3 is 5.32 Å². The second-order valence-corrected chi connectivity index (χ2v) is 4.32. The van der Waals surface area contributed by atoms with Gasteiger partial charge in [0.05, 0.1) is 6.54 Å². The molecule has 1 aromatic heterocycles. The number of rotatable bonds is 4. The minimum atomic E-state index is -0.0368. The van der Waals surface area contributed by atoms with Crippen molar-refractivity contribution in [2.45, 2.75) is 20.4 Å². The van der Waals surface area contributed by atoms with E-state index in [2.05, 4.69) is 10.4 Å². The molecule has 1 heterocycles. The van der Waals surface area contributed by atoms with Crippen molar-refractivity contribution in [1.82, 2.24) is 15.1 Å². The summed E-state index contributed by atoms with van der Waals surface area (Å²) in [5.74, 6) is -0.0368. The summed E-state index contributed by atoms with van der Waals surface area (Å²) in [7, 11) is 0. The molecule has 0 aliphatic carbocycles. The zero-order valence-corrected chi connectivity index (χ0v) is 10.7. The molecule has 0 fully saturated rings. The molecular formula is C14H17N3O. The highest BCUT2D eigenvalue weighted by atomic mass is 16.1. The van der Waals surface area contributed by atoms with Crippen LogP contribution in [0.2, 0.25) is 0 Å². The molecule has 4 heteroatoms. The first-order valence-corrected chi connectivity index (χ1v) is 6.00. The van der Waals surface area contributed by atoms with Crippen LogP contribution in [0, 0.1) is 13.8 Å². The van der Waals surface area contributed by atoms with Gasteiger partial charge in [-0.05, 0) is 43.2 Å². The Morgan fingerprint density at radius 2 is 2.17 bits per heavy atom. The Balaban J connectivity index is 1.89. The molecule has 1 amide bonds. The normalized spacial score (nSPS) is 10.3. The molecule has 2 rings (SSSR count). The molecule has 94 valence electrons. The Bertz CT molecular complexity index is 532. The van der Waals surface area contributed by atoms with Gasteiger partial charge >= 0.3 is 0 Å². The van der Waals surface area contributed by atoms with Crippen molar-refractivity contribution in [3.8, 4) is 0 Å². The van der Waals surface area contributed by atoms with Crippen molar-refractivity contribution in [3.63, 3.8) is 0 Å². The van der Waals surface area contributed by atoms with Crippen molar-refractivity contribution in [1.29, 1.82) is 0 Å². The molecule has 18 heavy (non-hydrogen) atoms. The zero-order chi connectivity index (χ0) is 13.0. The van der Waals surface area contributed by atoms with Gasteiger partial charge in [0.15, 0.2) is 0 Å². The number of carbonyl (C=O) groups is 1. The maximum absolute atomic E-state index is 11.9. The van der Waals surface area contributed by atoms with Gasteiger partial charge in [0.2, 0.25) is 0 Å². The molecule has 0 aliphatic rings. The van der Waals surface area contributed by atoms with Gasteiger partial charge in [-0.25, -0.2) is 0 Å². The van der Waals surface area contributed by atoms with E-state index >= 15 is 0 Å². The first kappa shape index (κ1) is 12.4. The second kappa shape index (κ2) is 5.49. The fraction of sp³-hybridized carbons (Fsp3) is 0.286. The molecular weight excluding hydrogens is 226 g/mol. The van der Waals surface area contributed by atoms with Gasteiger partial charge in [-0.1, -0.05) is 6.07 Å². The highest BCUT2D eigenvalue weighted by Crippen LogP contribution is 2.09. The highest BCUT2D eigenvalue weighted by Gasteiger charge is 2.05. The number of nitrogens with one attached hydrogen (secondary N) is 1. The number of carbonyl (C=O) groups excluding carboxylic acids is 1. The molecule has 0 atom stereocenters. The van der Waals surface area contributed by atoms with E-state index in [9.17, 15) is 4.79 Å². The summed E-state index contributed by atoms with van der Waals surface area (Å²) in [4.78, 5) is 11.9. The monoisotopic (exact) mass is 243 g/mol. The summed E-state index contributed by atoms with van der Waals surface area (Å²) in [6, 6.07) is 7.60. The lowest BCUT2D eigenvalue weighted by molar-refractivity contribution is 0.0952. The average molecular weight is 243 g/mol.